The number of sulfonamides is 1. The van der Waals surface area contributed by atoms with Crippen LogP contribution in [0.4, 0.5) is 0 Å². The maximum atomic E-state index is 13.2. The van der Waals surface area contributed by atoms with E-state index in [4.69, 9.17) is 4.74 Å². The molecular weight excluding hydrogens is 370 g/mol. The van der Waals surface area contributed by atoms with Crippen LogP contribution >= 0.6 is 0 Å². The zero-order valence-electron chi connectivity index (χ0n) is 16.2. The van der Waals surface area contributed by atoms with Crippen LogP contribution in [0.25, 0.3) is 0 Å². The number of hydrogen-bond acceptors (Lipinski definition) is 3. The maximum absolute atomic E-state index is 13.2. The van der Waals surface area contributed by atoms with Crippen molar-refractivity contribution in [1.29, 1.82) is 0 Å². The Balaban J connectivity index is 1.33. The number of hydrogen-bond donors (Lipinski definition) is 0. The first-order chi connectivity index (χ1) is 13.6. The lowest BCUT2D eigenvalue weighted by Crippen LogP contribution is -2.51. The van der Waals surface area contributed by atoms with Gasteiger partial charge in [0.15, 0.2) is 0 Å². The third-order valence-corrected chi connectivity index (χ3v) is 8.64. The van der Waals surface area contributed by atoms with Gasteiger partial charge in [0.05, 0.1) is 4.90 Å². The molecule has 148 valence electrons. The SMILES string of the molecule is O=S(=O)(c1ccc2c(c1)CCCC2)N1CCC2(CCc3ccccc3O2)CC1. The number of ether oxygens (including phenoxy) is 1. The minimum atomic E-state index is -3.43. The number of benzene rings is 2. The van der Waals surface area contributed by atoms with Crippen molar-refractivity contribution >= 4 is 10.0 Å². The molecule has 2 aromatic rings. The molecule has 1 spiro atoms. The second-order valence-electron chi connectivity index (χ2n) is 8.43. The molecule has 5 heteroatoms. The van der Waals surface area contributed by atoms with Gasteiger partial charge in [-0.1, -0.05) is 24.3 Å². The standard InChI is InChI=1S/C23H27NO3S/c25-28(26,21-10-9-18-5-1-2-7-20(18)17-21)24-15-13-23(14-16-24)12-11-19-6-3-4-8-22(19)27-23/h3-4,6,8-10,17H,1-2,5,7,11-16H2. The van der Waals surface area contributed by atoms with Crippen molar-refractivity contribution in [3.05, 3.63) is 59.2 Å². The molecule has 0 atom stereocenters. The summed E-state index contributed by atoms with van der Waals surface area (Å²) >= 11 is 0. The van der Waals surface area contributed by atoms with Crippen molar-refractivity contribution in [3.63, 3.8) is 0 Å². The first-order valence-corrected chi connectivity index (χ1v) is 11.9. The summed E-state index contributed by atoms with van der Waals surface area (Å²) in [7, 11) is -3.43. The molecule has 4 nitrogen and oxygen atoms in total. The van der Waals surface area contributed by atoms with Crippen molar-refractivity contribution in [2.75, 3.05) is 13.1 Å². The van der Waals surface area contributed by atoms with E-state index in [1.54, 1.807) is 10.4 Å². The van der Waals surface area contributed by atoms with Crippen LogP contribution in [0.5, 0.6) is 5.75 Å². The molecular formula is C23H27NO3S. The number of para-hydroxylation sites is 1. The van der Waals surface area contributed by atoms with Gasteiger partial charge in [-0.2, -0.15) is 4.31 Å². The topological polar surface area (TPSA) is 46.6 Å². The van der Waals surface area contributed by atoms with Gasteiger partial charge in [-0.05, 0) is 73.4 Å². The Bertz CT molecular complexity index is 991. The number of fused-ring (bicyclic) bond motifs is 2. The van der Waals surface area contributed by atoms with Gasteiger partial charge in [0.2, 0.25) is 10.0 Å². The first kappa shape index (κ1) is 18.2. The van der Waals surface area contributed by atoms with Crippen LogP contribution in [0.2, 0.25) is 0 Å². The highest BCUT2D eigenvalue weighted by molar-refractivity contribution is 7.89. The smallest absolute Gasteiger partial charge is 0.243 e. The molecule has 2 aromatic carbocycles. The molecule has 3 aliphatic rings. The quantitative estimate of drug-likeness (QED) is 0.766. The molecule has 0 aromatic heterocycles. The monoisotopic (exact) mass is 397 g/mol. The fourth-order valence-electron chi connectivity index (χ4n) is 4.96. The molecule has 5 rings (SSSR count). The fourth-order valence-corrected chi connectivity index (χ4v) is 6.45. The Morgan fingerprint density at radius 3 is 2.39 bits per heavy atom. The number of rotatable bonds is 2. The lowest BCUT2D eigenvalue weighted by molar-refractivity contribution is 0.00181. The van der Waals surface area contributed by atoms with Gasteiger partial charge >= 0.3 is 0 Å². The Kier molecular flexibility index (Phi) is 4.48. The van der Waals surface area contributed by atoms with Crippen molar-refractivity contribution in [3.8, 4) is 5.75 Å². The van der Waals surface area contributed by atoms with E-state index in [-0.39, 0.29) is 5.60 Å². The summed E-state index contributed by atoms with van der Waals surface area (Å²) in [4.78, 5) is 0.457. The second-order valence-corrected chi connectivity index (χ2v) is 10.4. The van der Waals surface area contributed by atoms with E-state index >= 15 is 0 Å². The minimum absolute atomic E-state index is 0.212. The highest BCUT2D eigenvalue weighted by atomic mass is 32.2. The normalized spacial score (nSPS) is 21.6. The van der Waals surface area contributed by atoms with Crippen LogP contribution in [-0.2, 0) is 29.3 Å². The van der Waals surface area contributed by atoms with Crippen molar-refractivity contribution < 1.29 is 13.2 Å². The summed E-state index contributed by atoms with van der Waals surface area (Å²) < 4.78 is 34.5. The van der Waals surface area contributed by atoms with Crippen LogP contribution in [0.3, 0.4) is 0 Å². The third-order valence-electron chi connectivity index (χ3n) is 6.74. The molecule has 0 bridgehead atoms. The van der Waals surface area contributed by atoms with Crippen molar-refractivity contribution in [2.45, 2.75) is 61.9 Å². The largest absolute Gasteiger partial charge is 0.487 e. The van der Waals surface area contributed by atoms with Gasteiger partial charge in [-0.25, -0.2) is 8.42 Å². The van der Waals surface area contributed by atoms with Gasteiger partial charge in [0.1, 0.15) is 11.4 Å². The Morgan fingerprint density at radius 2 is 1.57 bits per heavy atom. The first-order valence-electron chi connectivity index (χ1n) is 10.4. The predicted molar refractivity (Wildman–Crippen MR) is 109 cm³/mol. The summed E-state index contributed by atoms with van der Waals surface area (Å²) in [6.45, 7) is 1.06. The van der Waals surface area contributed by atoms with Gasteiger partial charge < -0.3 is 4.74 Å². The van der Waals surface area contributed by atoms with Crippen molar-refractivity contribution in [2.24, 2.45) is 0 Å². The van der Waals surface area contributed by atoms with Gasteiger partial charge in [-0.3, -0.25) is 0 Å². The molecule has 0 radical (unpaired) electrons. The summed E-state index contributed by atoms with van der Waals surface area (Å²) in [5, 5.41) is 0. The van der Waals surface area contributed by atoms with Gasteiger partial charge in [-0.15, -0.1) is 0 Å². The van der Waals surface area contributed by atoms with E-state index < -0.39 is 10.0 Å². The van der Waals surface area contributed by atoms with Gasteiger partial charge in [0.25, 0.3) is 0 Å². The molecule has 0 saturated carbocycles. The van der Waals surface area contributed by atoms with E-state index in [9.17, 15) is 8.42 Å². The van der Waals surface area contributed by atoms with Crippen LogP contribution < -0.4 is 4.74 Å². The van der Waals surface area contributed by atoms with E-state index in [1.807, 2.05) is 30.3 Å². The molecule has 0 amide bonds. The van der Waals surface area contributed by atoms with Crippen LogP contribution in [0, 0.1) is 0 Å². The molecule has 28 heavy (non-hydrogen) atoms. The molecule has 1 saturated heterocycles. The summed E-state index contributed by atoms with van der Waals surface area (Å²) in [5.74, 6) is 0.972. The Hall–Kier alpha value is -1.85. The van der Waals surface area contributed by atoms with E-state index in [0.717, 1.165) is 50.7 Å². The second kappa shape index (κ2) is 6.89. The number of nitrogens with zero attached hydrogens (tertiary/aromatic N) is 1. The van der Waals surface area contributed by atoms with E-state index in [2.05, 4.69) is 6.07 Å². The average molecular weight is 398 g/mol. The van der Waals surface area contributed by atoms with Gasteiger partial charge in [0, 0.05) is 25.9 Å². The van der Waals surface area contributed by atoms with Crippen LogP contribution in [0.1, 0.15) is 48.8 Å². The zero-order chi connectivity index (χ0) is 19.2. The highest BCUT2D eigenvalue weighted by Crippen LogP contribution is 2.40. The number of aryl methyl sites for hydroxylation is 3. The molecule has 1 fully saturated rings. The highest BCUT2D eigenvalue weighted by Gasteiger charge is 2.42. The van der Waals surface area contributed by atoms with Crippen LogP contribution in [0.15, 0.2) is 47.4 Å². The van der Waals surface area contributed by atoms with Crippen LogP contribution in [-0.4, -0.2) is 31.4 Å². The third kappa shape index (κ3) is 3.15. The molecule has 0 unspecified atom stereocenters. The van der Waals surface area contributed by atoms with E-state index in [1.165, 1.54) is 23.1 Å². The Morgan fingerprint density at radius 1 is 0.821 bits per heavy atom. The average Bonchev–Trinajstić information content (AvgIpc) is 2.73. The van der Waals surface area contributed by atoms with Crippen molar-refractivity contribution in [1.82, 2.24) is 4.31 Å². The summed E-state index contributed by atoms with van der Waals surface area (Å²) in [5.41, 5.74) is 3.58. The lowest BCUT2D eigenvalue weighted by atomic mass is 9.84. The summed E-state index contributed by atoms with van der Waals surface area (Å²) in [6, 6.07) is 14.0. The lowest BCUT2D eigenvalue weighted by Gasteiger charge is -2.44. The Labute approximate surface area is 167 Å². The zero-order valence-corrected chi connectivity index (χ0v) is 17.0. The molecule has 2 heterocycles. The number of piperidine rings is 1. The summed E-state index contributed by atoms with van der Waals surface area (Å²) in [6.07, 6.45) is 7.91. The minimum Gasteiger partial charge on any atom is -0.487 e. The maximum Gasteiger partial charge on any atom is 0.243 e. The van der Waals surface area contributed by atoms with E-state index in [0.29, 0.717) is 18.0 Å². The molecule has 2 aliphatic heterocycles. The predicted octanol–water partition coefficient (Wildman–Crippen LogP) is 4.11. The fraction of sp³-hybridized carbons (Fsp3) is 0.478. The molecule has 0 N–H and O–H groups in total. The molecule has 1 aliphatic carbocycles.